The smallest absolute Gasteiger partial charge is 0.0521 e. The molecule has 2 aliphatic carbocycles. The molecule has 0 saturated heterocycles. The van der Waals surface area contributed by atoms with Crippen molar-refractivity contribution in [1.29, 1.82) is 0 Å². The molecule has 92 valence electrons. The molecule has 2 aliphatic rings. The Kier molecular flexibility index (Phi) is 2.62. The molecule has 0 unspecified atom stereocenters. The molecular weight excluding hydrogens is 218 g/mol. The second-order valence-corrected chi connectivity index (χ2v) is 5.08. The van der Waals surface area contributed by atoms with E-state index < -0.39 is 0 Å². The van der Waals surface area contributed by atoms with Gasteiger partial charge in [0.25, 0.3) is 0 Å². The van der Waals surface area contributed by atoms with Gasteiger partial charge in [-0.25, -0.2) is 0 Å². The van der Waals surface area contributed by atoms with Gasteiger partial charge < -0.3 is 4.57 Å². The number of hydrogen-bond donors (Lipinski definition) is 0. The molecule has 3 rings (SSSR count). The zero-order valence-electron chi connectivity index (χ0n) is 11.2. The zero-order chi connectivity index (χ0) is 12.7. The highest BCUT2D eigenvalue weighted by Crippen LogP contribution is 2.43. The van der Waals surface area contributed by atoms with Gasteiger partial charge >= 0.3 is 0 Å². The molecule has 1 heteroatoms. The van der Waals surface area contributed by atoms with Gasteiger partial charge in [0.05, 0.1) is 5.69 Å². The van der Waals surface area contributed by atoms with Crippen LogP contribution in [0, 0.1) is 6.92 Å². The van der Waals surface area contributed by atoms with Gasteiger partial charge in [-0.05, 0) is 42.0 Å². The van der Waals surface area contributed by atoms with E-state index in [0.717, 1.165) is 6.42 Å². The van der Waals surface area contributed by atoms with Crippen LogP contribution in [0.1, 0.15) is 35.4 Å². The summed E-state index contributed by atoms with van der Waals surface area (Å²) in [6.07, 6.45) is 14.4. The number of fused-ring (bicyclic) bond motifs is 3. The Hall–Kier alpha value is -1.76. The molecule has 0 amide bonds. The first-order valence-corrected chi connectivity index (χ1v) is 6.61. The minimum atomic E-state index is 1.10. The van der Waals surface area contributed by atoms with Gasteiger partial charge in [0, 0.05) is 19.2 Å². The van der Waals surface area contributed by atoms with Crippen LogP contribution in [0.2, 0.25) is 0 Å². The van der Waals surface area contributed by atoms with Crippen molar-refractivity contribution >= 4 is 11.6 Å². The molecule has 0 spiro atoms. The topological polar surface area (TPSA) is 4.93 Å². The Morgan fingerprint density at radius 1 is 1.28 bits per heavy atom. The van der Waals surface area contributed by atoms with Crippen LogP contribution in [0.5, 0.6) is 0 Å². The van der Waals surface area contributed by atoms with Crippen molar-refractivity contribution in [2.45, 2.75) is 26.2 Å². The molecule has 1 nitrogen and oxygen atoms in total. The lowest BCUT2D eigenvalue weighted by Gasteiger charge is -2.11. The Labute approximate surface area is 109 Å². The molecule has 0 aromatic carbocycles. The fourth-order valence-corrected chi connectivity index (χ4v) is 3.14. The molecular formula is C17H19N. The third-order valence-electron chi connectivity index (χ3n) is 4.11. The number of nitrogens with zero attached hydrogens (tertiary/aromatic N) is 1. The SMILES string of the molecule is C=C/C=C\c1c2c(n(C)c1C)C1=CCCC=C1C2. The van der Waals surface area contributed by atoms with Gasteiger partial charge in [-0.1, -0.05) is 37.0 Å². The Balaban J connectivity index is 2.20. The second kappa shape index (κ2) is 4.16. The Morgan fingerprint density at radius 2 is 2.06 bits per heavy atom. The molecule has 0 aliphatic heterocycles. The van der Waals surface area contributed by atoms with Gasteiger partial charge in [-0.2, -0.15) is 0 Å². The monoisotopic (exact) mass is 237 g/mol. The van der Waals surface area contributed by atoms with Crippen molar-refractivity contribution in [2.24, 2.45) is 7.05 Å². The third-order valence-corrected chi connectivity index (χ3v) is 4.11. The lowest BCUT2D eigenvalue weighted by atomic mass is 9.99. The number of rotatable bonds is 2. The van der Waals surface area contributed by atoms with Crippen molar-refractivity contribution in [1.82, 2.24) is 4.57 Å². The summed E-state index contributed by atoms with van der Waals surface area (Å²) in [7, 11) is 2.18. The van der Waals surface area contributed by atoms with E-state index in [-0.39, 0.29) is 0 Å². The highest BCUT2D eigenvalue weighted by Gasteiger charge is 2.29. The van der Waals surface area contributed by atoms with E-state index in [9.17, 15) is 0 Å². The van der Waals surface area contributed by atoms with E-state index in [1.807, 2.05) is 12.2 Å². The van der Waals surface area contributed by atoms with E-state index >= 15 is 0 Å². The largest absolute Gasteiger partial charge is 0.347 e. The van der Waals surface area contributed by atoms with Crippen molar-refractivity contribution in [3.63, 3.8) is 0 Å². The van der Waals surface area contributed by atoms with Crippen molar-refractivity contribution in [3.05, 3.63) is 59.0 Å². The van der Waals surface area contributed by atoms with E-state index in [4.69, 9.17) is 0 Å². The molecule has 1 aromatic heterocycles. The molecule has 1 aromatic rings. The normalized spacial score (nSPS) is 17.4. The maximum atomic E-state index is 3.76. The standard InChI is InChI=1S/C17H19N/c1-4-5-9-14-12(2)18(3)17-15-10-7-6-8-13(15)11-16(14)17/h4-5,8-10H,1,6-7,11H2,2-3H3/b9-5-. The zero-order valence-corrected chi connectivity index (χ0v) is 11.2. The second-order valence-electron chi connectivity index (χ2n) is 5.08. The Bertz CT molecular complexity index is 606. The van der Waals surface area contributed by atoms with E-state index in [1.165, 1.54) is 46.5 Å². The van der Waals surface area contributed by atoms with Gasteiger partial charge in [0.1, 0.15) is 0 Å². The molecule has 0 N–H and O–H groups in total. The minimum absolute atomic E-state index is 1.10. The highest BCUT2D eigenvalue weighted by atomic mass is 15.0. The molecule has 18 heavy (non-hydrogen) atoms. The summed E-state index contributed by atoms with van der Waals surface area (Å²) in [4.78, 5) is 0. The van der Waals surface area contributed by atoms with Crippen molar-refractivity contribution in [2.75, 3.05) is 0 Å². The van der Waals surface area contributed by atoms with Crippen LogP contribution in [0.4, 0.5) is 0 Å². The van der Waals surface area contributed by atoms with Gasteiger partial charge in [0.15, 0.2) is 0 Å². The van der Waals surface area contributed by atoms with Crippen molar-refractivity contribution in [3.8, 4) is 0 Å². The average molecular weight is 237 g/mol. The molecule has 1 heterocycles. The molecule has 0 saturated carbocycles. The first-order valence-electron chi connectivity index (χ1n) is 6.61. The van der Waals surface area contributed by atoms with E-state index in [1.54, 1.807) is 0 Å². The lowest BCUT2D eigenvalue weighted by molar-refractivity contribution is 0.864. The van der Waals surface area contributed by atoms with Crippen LogP contribution in [0.25, 0.3) is 11.6 Å². The summed E-state index contributed by atoms with van der Waals surface area (Å²) in [5, 5.41) is 0. The predicted octanol–water partition coefficient (Wildman–Crippen LogP) is 4.19. The van der Waals surface area contributed by atoms with Crippen LogP contribution in [0.3, 0.4) is 0 Å². The molecule has 0 atom stereocenters. The number of aromatic nitrogens is 1. The van der Waals surface area contributed by atoms with Crippen LogP contribution in [0.15, 0.2) is 36.5 Å². The first kappa shape index (κ1) is 11.3. The van der Waals surface area contributed by atoms with Crippen LogP contribution in [-0.4, -0.2) is 4.57 Å². The summed E-state index contributed by atoms with van der Waals surface area (Å²) in [6, 6.07) is 0. The number of hydrogen-bond acceptors (Lipinski definition) is 0. The van der Waals surface area contributed by atoms with E-state index in [0.29, 0.717) is 0 Å². The van der Waals surface area contributed by atoms with E-state index in [2.05, 4.69) is 43.3 Å². The minimum Gasteiger partial charge on any atom is -0.347 e. The average Bonchev–Trinajstić information content (AvgIpc) is 2.86. The molecule has 0 bridgehead atoms. The quantitative estimate of drug-likeness (QED) is 0.680. The first-order chi connectivity index (χ1) is 8.74. The van der Waals surface area contributed by atoms with Crippen LogP contribution < -0.4 is 0 Å². The van der Waals surface area contributed by atoms with Gasteiger partial charge in [-0.3, -0.25) is 0 Å². The fourth-order valence-electron chi connectivity index (χ4n) is 3.14. The third kappa shape index (κ3) is 1.47. The molecule has 0 radical (unpaired) electrons. The van der Waals surface area contributed by atoms with Crippen molar-refractivity contribution < 1.29 is 0 Å². The summed E-state index contributed by atoms with van der Waals surface area (Å²) < 4.78 is 2.34. The van der Waals surface area contributed by atoms with Gasteiger partial charge in [0.2, 0.25) is 0 Å². The summed E-state index contributed by atoms with van der Waals surface area (Å²) >= 11 is 0. The lowest BCUT2D eigenvalue weighted by Crippen LogP contribution is -1.99. The maximum Gasteiger partial charge on any atom is 0.0521 e. The summed E-state index contributed by atoms with van der Waals surface area (Å²) in [5.74, 6) is 0. The Morgan fingerprint density at radius 3 is 2.83 bits per heavy atom. The van der Waals surface area contributed by atoms with Crippen LogP contribution >= 0.6 is 0 Å². The maximum absolute atomic E-state index is 3.76. The fraction of sp³-hybridized carbons (Fsp3) is 0.294. The van der Waals surface area contributed by atoms with Crippen LogP contribution in [-0.2, 0) is 13.5 Å². The molecule has 0 fully saturated rings. The van der Waals surface area contributed by atoms with Gasteiger partial charge in [-0.15, -0.1) is 0 Å². The number of allylic oxidation sites excluding steroid dienone is 6. The summed E-state index contributed by atoms with van der Waals surface area (Å²) in [6.45, 7) is 5.96. The highest BCUT2D eigenvalue weighted by molar-refractivity contribution is 5.88. The summed E-state index contributed by atoms with van der Waals surface area (Å²) in [5.41, 5.74) is 8.65. The predicted molar refractivity (Wildman–Crippen MR) is 78.4 cm³/mol.